The summed E-state index contributed by atoms with van der Waals surface area (Å²) in [5.74, 6) is 0. The largest absolute Gasteiger partial charge is 0.306 e. The van der Waals surface area contributed by atoms with Crippen LogP contribution in [0.5, 0.6) is 0 Å². The Balaban J connectivity index is 3.63. The second-order valence-electron chi connectivity index (χ2n) is 2.80. The zero-order valence-electron chi connectivity index (χ0n) is 7.36. The molecule has 2 atom stereocenters. The van der Waals surface area contributed by atoms with E-state index >= 15 is 0 Å². The third-order valence-electron chi connectivity index (χ3n) is 1.77. The minimum Gasteiger partial charge on any atom is -0.306 e. The summed E-state index contributed by atoms with van der Waals surface area (Å²) >= 11 is -1.84. The van der Waals surface area contributed by atoms with Crippen LogP contribution in [0.15, 0.2) is 0 Å². The van der Waals surface area contributed by atoms with E-state index in [-0.39, 0.29) is 11.7 Å². The van der Waals surface area contributed by atoms with E-state index in [0.717, 1.165) is 19.3 Å². The highest BCUT2D eigenvalue weighted by Gasteiger charge is 2.13. The molecule has 0 aromatic rings. The molecule has 72 valence electrons. The van der Waals surface area contributed by atoms with Gasteiger partial charge in [0, 0.05) is 6.42 Å². The molecule has 0 saturated heterocycles. The van der Waals surface area contributed by atoms with Crippen LogP contribution >= 0.6 is 0 Å². The van der Waals surface area contributed by atoms with E-state index in [1.807, 2.05) is 0 Å². The minimum atomic E-state index is -1.84. The molecule has 4 heteroatoms. The zero-order chi connectivity index (χ0) is 9.40. The molecular formula is C8H16O3S. The first-order chi connectivity index (χ1) is 5.72. The highest BCUT2D eigenvalue weighted by molar-refractivity contribution is 7.79. The van der Waals surface area contributed by atoms with Gasteiger partial charge in [-0.2, -0.15) is 0 Å². The Bertz CT molecular complexity index is 147. The van der Waals surface area contributed by atoms with Crippen molar-refractivity contribution in [2.75, 3.05) is 0 Å². The Labute approximate surface area is 75.8 Å². The number of carbonyl (C=O) groups excluding carboxylic acids is 1. The fraction of sp³-hybridized carbons (Fsp3) is 0.875. The molecule has 2 unspecified atom stereocenters. The number of hydrogen-bond donors (Lipinski definition) is 1. The second-order valence-corrected chi connectivity index (χ2v) is 4.02. The van der Waals surface area contributed by atoms with Gasteiger partial charge < -0.3 is 9.35 Å². The van der Waals surface area contributed by atoms with Gasteiger partial charge in [0.1, 0.15) is 6.29 Å². The third-order valence-corrected chi connectivity index (χ3v) is 2.77. The molecule has 0 aromatic heterocycles. The van der Waals surface area contributed by atoms with Gasteiger partial charge in [0.2, 0.25) is 0 Å². The topological polar surface area (TPSA) is 54.4 Å². The molecule has 3 nitrogen and oxygen atoms in total. The average Bonchev–Trinajstić information content (AvgIpc) is 2.03. The lowest BCUT2D eigenvalue weighted by molar-refractivity contribution is -0.107. The van der Waals surface area contributed by atoms with Crippen LogP contribution in [-0.2, 0) is 15.9 Å². The van der Waals surface area contributed by atoms with Gasteiger partial charge >= 0.3 is 0 Å². The predicted molar refractivity (Wildman–Crippen MR) is 49.4 cm³/mol. The lowest BCUT2D eigenvalue weighted by Crippen LogP contribution is -2.14. The SMILES string of the molecule is CCCCCC(CC=O)S(=O)O. The number of aldehydes is 1. The van der Waals surface area contributed by atoms with Gasteiger partial charge in [0.05, 0.1) is 5.25 Å². The fourth-order valence-electron chi connectivity index (χ4n) is 1.03. The van der Waals surface area contributed by atoms with Crippen LogP contribution in [-0.4, -0.2) is 20.3 Å². The van der Waals surface area contributed by atoms with E-state index in [1.54, 1.807) is 0 Å². The van der Waals surface area contributed by atoms with E-state index in [9.17, 15) is 9.00 Å². The number of carbonyl (C=O) groups is 1. The van der Waals surface area contributed by atoms with Crippen LogP contribution in [0.3, 0.4) is 0 Å². The van der Waals surface area contributed by atoms with Crippen molar-refractivity contribution in [2.24, 2.45) is 0 Å². The van der Waals surface area contributed by atoms with E-state index in [1.165, 1.54) is 0 Å². The van der Waals surface area contributed by atoms with Crippen molar-refractivity contribution in [1.82, 2.24) is 0 Å². The molecule has 0 rings (SSSR count). The van der Waals surface area contributed by atoms with Crippen molar-refractivity contribution in [3.63, 3.8) is 0 Å². The zero-order valence-corrected chi connectivity index (χ0v) is 8.18. The summed E-state index contributed by atoms with van der Waals surface area (Å²) in [5.41, 5.74) is 0. The lowest BCUT2D eigenvalue weighted by Gasteiger charge is -2.07. The first kappa shape index (κ1) is 11.8. The number of rotatable bonds is 7. The van der Waals surface area contributed by atoms with Crippen LogP contribution in [0.2, 0.25) is 0 Å². The van der Waals surface area contributed by atoms with Crippen LogP contribution in [0.4, 0.5) is 0 Å². The molecule has 0 radical (unpaired) electrons. The van der Waals surface area contributed by atoms with E-state index in [0.29, 0.717) is 12.7 Å². The maximum atomic E-state index is 10.6. The molecule has 0 spiro atoms. The predicted octanol–water partition coefficient (Wildman–Crippen LogP) is 1.75. The molecule has 0 amide bonds. The van der Waals surface area contributed by atoms with Crippen LogP contribution in [0.1, 0.15) is 39.0 Å². The molecule has 0 aliphatic carbocycles. The number of hydrogen-bond acceptors (Lipinski definition) is 2. The summed E-state index contributed by atoms with van der Waals surface area (Å²) in [4.78, 5) is 10.1. The van der Waals surface area contributed by atoms with Crippen molar-refractivity contribution < 1.29 is 13.6 Å². The Morgan fingerprint density at radius 2 is 2.17 bits per heavy atom. The maximum Gasteiger partial charge on any atom is 0.156 e. The van der Waals surface area contributed by atoms with E-state index < -0.39 is 11.1 Å². The quantitative estimate of drug-likeness (QED) is 0.380. The third kappa shape index (κ3) is 5.43. The molecule has 1 N–H and O–H groups in total. The highest BCUT2D eigenvalue weighted by Crippen LogP contribution is 2.10. The van der Waals surface area contributed by atoms with Gasteiger partial charge in [-0.25, -0.2) is 4.21 Å². The standard InChI is InChI=1S/C8H16O3S/c1-2-3-4-5-8(6-7-9)12(10)11/h7-8H,2-6H2,1H3,(H,10,11). The summed E-state index contributed by atoms with van der Waals surface area (Å²) in [6, 6.07) is 0. The van der Waals surface area contributed by atoms with Crippen LogP contribution < -0.4 is 0 Å². The van der Waals surface area contributed by atoms with E-state index in [2.05, 4.69) is 6.92 Å². The molecular weight excluding hydrogens is 176 g/mol. The number of unbranched alkanes of at least 4 members (excludes halogenated alkanes) is 2. The summed E-state index contributed by atoms with van der Waals surface area (Å²) in [6.07, 6.45) is 4.67. The van der Waals surface area contributed by atoms with Gasteiger partial charge in [-0.1, -0.05) is 26.2 Å². The molecule has 0 fully saturated rings. The smallest absolute Gasteiger partial charge is 0.156 e. The summed E-state index contributed by atoms with van der Waals surface area (Å²) in [7, 11) is 0. The van der Waals surface area contributed by atoms with Gasteiger partial charge in [-0.05, 0) is 6.42 Å². The van der Waals surface area contributed by atoms with Gasteiger partial charge in [0.15, 0.2) is 11.1 Å². The van der Waals surface area contributed by atoms with Gasteiger partial charge in [-0.3, -0.25) is 0 Å². The highest BCUT2D eigenvalue weighted by atomic mass is 32.2. The van der Waals surface area contributed by atoms with Crippen molar-refractivity contribution in [1.29, 1.82) is 0 Å². The molecule has 12 heavy (non-hydrogen) atoms. The second kappa shape index (κ2) is 7.43. The maximum absolute atomic E-state index is 10.6. The summed E-state index contributed by atoms with van der Waals surface area (Å²) in [6.45, 7) is 2.07. The molecule has 0 saturated carbocycles. The van der Waals surface area contributed by atoms with Crippen molar-refractivity contribution >= 4 is 17.4 Å². The van der Waals surface area contributed by atoms with E-state index in [4.69, 9.17) is 4.55 Å². The van der Waals surface area contributed by atoms with Crippen molar-refractivity contribution in [2.45, 2.75) is 44.3 Å². The Kier molecular flexibility index (Phi) is 7.29. The Morgan fingerprint density at radius 1 is 1.50 bits per heavy atom. The average molecular weight is 192 g/mol. The normalized spacial score (nSPS) is 15.5. The lowest BCUT2D eigenvalue weighted by atomic mass is 10.1. The monoisotopic (exact) mass is 192 g/mol. The molecule has 0 aliphatic rings. The molecule has 0 aliphatic heterocycles. The van der Waals surface area contributed by atoms with Crippen molar-refractivity contribution in [3.8, 4) is 0 Å². The first-order valence-electron chi connectivity index (χ1n) is 4.25. The summed E-state index contributed by atoms with van der Waals surface area (Å²) in [5, 5.41) is -0.353. The molecule has 0 heterocycles. The van der Waals surface area contributed by atoms with Gasteiger partial charge in [-0.15, -0.1) is 0 Å². The van der Waals surface area contributed by atoms with Crippen LogP contribution in [0, 0.1) is 0 Å². The first-order valence-corrected chi connectivity index (χ1v) is 5.42. The van der Waals surface area contributed by atoms with Crippen molar-refractivity contribution in [3.05, 3.63) is 0 Å². The van der Waals surface area contributed by atoms with Gasteiger partial charge in [0.25, 0.3) is 0 Å². The van der Waals surface area contributed by atoms with Crippen LogP contribution in [0.25, 0.3) is 0 Å². The molecule has 0 aromatic carbocycles. The summed E-state index contributed by atoms with van der Waals surface area (Å²) < 4.78 is 19.4. The minimum absolute atomic E-state index is 0.201. The Morgan fingerprint density at radius 3 is 2.58 bits per heavy atom. The Hall–Kier alpha value is -0.220. The fourth-order valence-corrected chi connectivity index (χ4v) is 1.64. The molecule has 0 bridgehead atoms.